The summed E-state index contributed by atoms with van der Waals surface area (Å²) in [6.45, 7) is 40.2. The van der Waals surface area contributed by atoms with E-state index >= 15 is 0 Å². The monoisotopic (exact) mass is 1200 g/mol. The van der Waals surface area contributed by atoms with E-state index in [2.05, 4.69) is 55.4 Å². The second-order valence-electron chi connectivity index (χ2n) is 25.1. The molecule has 0 N–H and O–H groups in total. The largest absolute Gasteiger partial charge is 0.482 e. The molecule has 15 heteroatoms. The van der Waals surface area contributed by atoms with Gasteiger partial charge in [0.25, 0.3) is 0 Å². The number of carbonyl (C=O) groups is 7. The normalized spacial score (nSPS) is 13.0. The SMILES string of the molecule is CCC(C)c1ccc(C(=O)OCCCC(=O)OC(C)(C)C)cc1.CCC(C)c1cccc(C(=O)OC(C)C(=O)OC(C)(C)C)c1.CCC(C)c1cccc(C(=O)OCC(=O)OC(C)(C)CC)c1.CCC(C)c1ccccc1OCC(=O)OC(C)(C)C. The molecule has 4 aromatic carbocycles. The molecule has 0 aliphatic carbocycles. The molecule has 4 aromatic rings. The van der Waals surface area contributed by atoms with Gasteiger partial charge in [-0.3, -0.25) is 4.79 Å². The first-order valence-corrected chi connectivity index (χ1v) is 30.4. The predicted molar refractivity (Wildman–Crippen MR) is 339 cm³/mol. The van der Waals surface area contributed by atoms with Crippen molar-refractivity contribution >= 4 is 41.8 Å². The number of para-hydroxylation sites is 1. The van der Waals surface area contributed by atoms with Gasteiger partial charge in [0, 0.05) is 6.42 Å². The molecule has 478 valence electrons. The van der Waals surface area contributed by atoms with Gasteiger partial charge in [0.2, 0.25) is 0 Å². The molecule has 5 unspecified atom stereocenters. The lowest BCUT2D eigenvalue weighted by atomic mass is 9.97. The van der Waals surface area contributed by atoms with Crippen molar-refractivity contribution in [1.82, 2.24) is 0 Å². The zero-order chi connectivity index (χ0) is 65.6. The van der Waals surface area contributed by atoms with E-state index in [1.54, 1.807) is 45.0 Å². The van der Waals surface area contributed by atoms with Crippen molar-refractivity contribution < 1.29 is 71.5 Å². The Labute approximate surface area is 515 Å². The summed E-state index contributed by atoms with van der Waals surface area (Å²) < 4.78 is 41.9. The van der Waals surface area contributed by atoms with E-state index in [4.69, 9.17) is 37.9 Å². The summed E-state index contributed by atoms with van der Waals surface area (Å²) in [5.74, 6) is -0.648. The molecule has 0 fully saturated rings. The molecule has 0 heterocycles. The first kappa shape index (κ1) is 77.0. The van der Waals surface area contributed by atoms with E-state index < -0.39 is 52.4 Å². The van der Waals surface area contributed by atoms with Crippen LogP contribution in [-0.2, 0) is 52.3 Å². The Bertz CT molecular complexity index is 2720. The Morgan fingerprint density at radius 3 is 1.37 bits per heavy atom. The zero-order valence-corrected chi connectivity index (χ0v) is 55.8. The molecule has 0 amide bonds. The third-order valence-corrected chi connectivity index (χ3v) is 13.5. The number of rotatable bonds is 24. The van der Waals surface area contributed by atoms with E-state index in [1.165, 1.54) is 12.5 Å². The minimum atomic E-state index is -0.932. The van der Waals surface area contributed by atoms with E-state index in [0.29, 0.717) is 53.2 Å². The van der Waals surface area contributed by atoms with Crippen molar-refractivity contribution in [1.29, 1.82) is 0 Å². The molecule has 15 nitrogen and oxygen atoms in total. The van der Waals surface area contributed by atoms with Gasteiger partial charge in [0.05, 0.1) is 23.3 Å². The number of esters is 7. The van der Waals surface area contributed by atoms with Crippen LogP contribution in [0.2, 0.25) is 0 Å². The van der Waals surface area contributed by atoms with Gasteiger partial charge in [-0.15, -0.1) is 0 Å². The van der Waals surface area contributed by atoms with Crippen molar-refractivity contribution in [2.24, 2.45) is 0 Å². The second kappa shape index (κ2) is 37.5. The summed E-state index contributed by atoms with van der Waals surface area (Å²) in [4.78, 5) is 82.8. The highest BCUT2D eigenvalue weighted by atomic mass is 16.6. The van der Waals surface area contributed by atoms with Gasteiger partial charge in [0.1, 0.15) is 28.2 Å². The third-order valence-electron chi connectivity index (χ3n) is 13.5. The van der Waals surface area contributed by atoms with Crippen molar-refractivity contribution in [2.75, 3.05) is 19.8 Å². The lowest BCUT2D eigenvalue weighted by Gasteiger charge is -2.23. The smallest absolute Gasteiger partial charge is 0.347 e. The molecule has 0 spiro atoms. The third kappa shape index (κ3) is 31.9. The Morgan fingerprint density at radius 1 is 0.430 bits per heavy atom. The van der Waals surface area contributed by atoms with Gasteiger partial charge in [-0.05, 0) is 210 Å². The second-order valence-corrected chi connectivity index (χ2v) is 25.1. The fraction of sp³-hybridized carbons (Fsp3) is 0.563. The fourth-order valence-corrected chi connectivity index (χ4v) is 7.48. The maximum absolute atomic E-state index is 12.2. The molecule has 4 rings (SSSR count). The van der Waals surface area contributed by atoms with Crippen LogP contribution in [0.5, 0.6) is 5.75 Å². The Balaban J connectivity index is 0.000000575. The fourth-order valence-electron chi connectivity index (χ4n) is 7.48. The summed E-state index contributed by atoms with van der Waals surface area (Å²) in [6.07, 6.45) is 4.57. The number of carbonyl (C=O) groups excluding carboxylic acids is 7. The summed E-state index contributed by atoms with van der Waals surface area (Å²) in [6, 6.07) is 30.0. The highest BCUT2D eigenvalue weighted by Gasteiger charge is 2.26. The molecule has 0 bridgehead atoms. The highest BCUT2D eigenvalue weighted by molar-refractivity contribution is 5.92. The van der Waals surface area contributed by atoms with E-state index in [1.807, 2.05) is 135 Å². The summed E-state index contributed by atoms with van der Waals surface area (Å²) in [5, 5.41) is 0. The van der Waals surface area contributed by atoms with Crippen LogP contribution in [0.15, 0.2) is 97.1 Å². The molecule has 0 aromatic heterocycles. The molecule has 0 saturated heterocycles. The van der Waals surface area contributed by atoms with Crippen molar-refractivity contribution in [3.05, 3.63) is 136 Å². The Morgan fingerprint density at radius 2 is 0.884 bits per heavy atom. The Kier molecular flexibility index (Phi) is 33.6. The van der Waals surface area contributed by atoms with E-state index in [9.17, 15) is 33.6 Å². The summed E-state index contributed by atoms with van der Waals surface area (Å²) in [5.41, 5.74) is 3.87. The topological polar surface area (TPSA) is 193 Å². The number of hydrogen-bond acceptors (Lipinski definition) is 15. The van der Waals surface area contributed by atoms with Crippen LogP contribution in [0.1, 0.15) is 267 Å². The number of benzene rings is 4. The molecule has 0 aliphatic heterocycles. The molecule has 0 aliphatic rings. The number of ether oxygens (including phenoxy) is 8. The first-order chi connectivity index (χ1) is 40.0. The van der Waals surface area contributed by atoms with Gasteiger partial charge in [-0.1, -0.05) is 117 Å². The zero-order valence-electron chi connectivity index (χ0n) is 55.8. The molecule has 5 atom stereocenters. The van der Waals surface area contributed by atoms with Gasteiger partial charge in [-0.2, -0.15) is 0 Å². The van der Waals surface area contributed by atoms with Crippen LogP contribution in [0, 0.1) is 0 Å². The van der Waals surface area contributed by atoms with Crippen LogP contribution < -0.4 is 4.74 Å². The van der Waals surface area contributed by atoms with Crippen LogP contribution in [0.25, 0.3) is 0 Å². The van der Waals surface area contributed by atoms with Crippen LogP contribution >= 0.6 is 0 Å². The molecular formula is C71H104O15. The summed E-state index contributed by atoms with van der Waals surface area (Å²) >= 11 is 0. The van der Waals surface area contributed by atoms with E-state index in [-0.39, 0.29) is 44.1 Å². The van der Waals surface area contributed by atoms with Crippen LogP contribution in [0.3, 0.4) is 0 Å². The molecule has 0 saturated carbocycles. The maximum Gasteiger partial charge on any atom is 0.347 e. The molecule has 86 heavy (non-hydrogen) atoms. The molecular weight excluding hydrogens is 1090 g/mol. The maximum atomic E-state index is 12.2. The lowest BCUT2D eigenvalue weighted by Crippen LogP contribution is -2.33. The van der Waals surface area contributed by atoms with Gasteiger partial charge >= 0.3 is 41.8 Å². The standard InChI is InChI=1S/C19H28O4.2C18H26O4.C16H24O3/c1-6-14(2)15-9-11-16(12-10-15)18(21)22-13-7-8-17(20)23-19(3,4)5;1-7-12(2)14-9-8-10-15(11-14)17(20)21-13(3)16(19)22-18(4,5)6;1-6-13(3)14-9-8-10-15(11-14)17(20)21-12-16(19)22-18(4,5)7-2;1-6-12(2)13-9-7-8-10-14(13)18-11-15(17)19-16(3,4)5/h9-12,14H,6-8,13H2,1-5H3;8-13H,7H2,1-6H3;8-11,13H,6-7,12H2,1-5H3;7-10,12H,6,11H2,1-5H3. The van der Waals surface area contributed by atoms with Crippen molar-refractivity contribution in [3.63, 3.8) is 0 Å². The van der Waals surface area contributed by atoms with Crippen LogP contribution in [0.4, 0.5) is 0 Å². The first-order valence-electron chi connectivity index (χ1n) is 30.4. The Hall–Kier alpha value is -7.03. The molecule has 0 radical (unpaired) electrons. The minimum absolute atomic E-state index is 0.0509. The summed E-state index contributed by atoms with van der Waals surface area (Å²) in [7, 11) is 0. The van der Waals surface area contributed by atoms with Crippen molar-refractivity contribution in [3.8, 4) is 5.75 Å². The van der Waals surface area contributed by atoms with E-state index in [0.717, 1.165) is 48.1 Å². The lowest BCUT2D eigenvalue weighted by molar-refractivity contribution is -0.164. The minimum Gasteiger partial charge on any atom is -0.482 e. The predicted octanol–water partition coefficient (Wildman–Crippen LogP) is 16.6. The van der Waals surface area contributed by atoms with Crippen molar-refractivity contribution in [2.45, 2.75) is 243 Å². The van der Waals surface area contributed by atoms with Crippen LogP contribution in [-0.4, -0.2) is 90.1 Å². The van der Waals surface area contributed by atoms with Gasteiger partial charge in [0.15, 0.2) is 19.3 Å². The average molecular weight is 1200 g/mol. The van der Waals surface area contributed by atoms with Gasteiger partial charge in [-0.25, -0.2) is 28.8 Å². The quantitative estimate of drug-likeness (QED) is 0.0365. The average Bonchev–Trinajstić information content (AvgIpc) is 3.20. The number of hydrogen-bond donors (Lipinski definition) is 0. The highest BCUT2D eigenvalue weighted by Crippen LogP contribution is 2.29. The van der Waals surface area contributed by atoms with Gasteiger partial charge < -0.3 is 37.9 Å².